The van der Waals surface area contributed by atoms with E-state index in [1.165, 1.54) is 0 Å². The van der Waals surface area contributed by atoms with E-state index in [4.69, 9.17) is 4.74 Å². The SMILES string of the molecule is C=C(C=CC)C(C)(C)C(=O)OCC. The summed E-state index contributed by atoms with van der Waals surface area (Å²) < 4.78 is 4.94. The van der Waals surface area contributed by atoms with Gasteiger partial charge in [0.25, 0.3) is 0 Å². The van der Waals surface area contributed by atoms with Gasteiger partial charge in [-0.1, -0.05) is 18.7 Å². The molecule has 0 unspecified atom stereocenters. The first-order chi connectivity index (χ1) is 5.96. The van der Waals surface area contributed by atoms with Gasteiger partial charge in [-0.25, -0.2) is 0 Å². The summed E-state index contributed by atoms with van der Waals surface area (Å²) in [6.07, 6.45) is 3.69. The van der Waals surface area contributed by atoms with Gasteiger partial charge in [-0.05, 0) is 33.3 Å². The van der Waals surface area contributed by atoms with E-state index in [9.17, 15) is 4.79 Å². The van der Waals surface area contributed by atoms with Crippen molar-refractivity contribution in [2.45, 2.75) is 27.7 Å². The molecule has 0 fully saturated rings. The second-order valence-electron chi connectivity index (χ2n) is 3.37. The van der Waals surface area contributed by atoms with Crippen molar-refractivity contribution >= 4 is 5.97 Å². The van der Waals surface area contributed by atoms with Gasteiger partial charge in [-0.3, -0.25) is 4.79 Å². The summed E-state index contributed by atoms with van der Waals surface area (Å²) in [6.45, 7) is 11.6. The van der Waals surface area contributed by atoms with Crippen molar-refractivity contribution in [3.63, 3.8) is 0 Å². The minimum Gasteiger partial charge on any atom is -0.465 e. The third-order valence-corrected chi connectivity index (χ3v) is 1.96. The first kappa shape index (κ1) is 11.9. The van der Waals surface area contributed by atoms with Crippen LogP contribution in [0.25, 0.3) is 0 Å². The monoisotopic (exact) mass is 182 g/mol. The molecule has 0 saturated carbocycles. The van der Waals surface area contributed by atoms with E-state index in [1.54, 1.807) is 6.92 Å². The van der Waals surface area contributed by atoms with Gasteiger partial charge in [-0.2, -0.15) is 0 Å². The number of hydrogen-bond donors (Lipinski definition) is 0. The van der Waals surface area contributed by atoms with Crippen LogP contribution in [0.4, 0.5) is 0 Å². The zero-order valence-electron chi connectivity index (χ0n) is 8.89. The highest BCUT2D eigenvalue weighted by Crippen LogP contribution is 2.27. The van der Waals surface area contributed by atoms with Gasteiger partial charge in [0.2, 0.25) is 0 Å². The van der Waals surface area contributed by atoms with Gasteiger partial charge >= 0.3 is 5.97 Å². The molecule has 2 nitrogen and oxygen atoms in total. The maximum absolute atomic E-state index is 11.5. The Hall–Kier alpha value is -1.05. The van der Waals surface area contributed by atoms with E-state index >= 15 is 0 Å². The molecule has 0 aromatic carbocycles. The van der Waals surface area contributed by atoms with Gasteiger partial charge in [0.05, 0.1) is 12.0 Å². The Bertz CT molecular complexity index is 224. The first-order valence-electron chi connectivity index (χ1n) is 4.46. The van der Waals surface area contributed by atoms with Crippen LogP contribution in [0.15, 0.2) is 24.3 Å². The molecule has 0 saturated heterocycles. The normalized spacial score (nSPS) is 11.7. The van der Waals surface area contributed by atoms with E-state index in [1.807, 2.05) is 32.9 Å². The summed E-state index contributed by atoms with van der Waals surface area (Å²) in [4.78, 5) is 11.5. The number of ether oxygens (including phenoxy) is 1. The molecular weight excluding hydrogens is 164 g/mol. The van der Waals surface area contributed by atoms with Crippen LogP contribution in [0, 0.1) is 5.41 Å². The van der Waals surface area contributed by atoms with Gasteiger partial charge in [0.15, 0.2) is 0 Å². The van der Waals surface area contributed by atoms with Crippen LogP contribution < -0.4 is 0 Å². The van der Waals surface area contributed by atoms with Gasteiger partial charge < -0.3 is 4.74 Å². The smallest absolute Gasteiger partial charge is 0.315 e. The highest BCUT2D eigenvalue weighted by atomic mass is 16.5. The fourth-order valence-electron chi connectivity index (χ4n) is 0.852. The maximum Gasteiger partial charge on any atom is 0.315 e. The molecule has 13 heavy (non-hydrogen) atoms. The van der Waals surface area contributed by atoms with Crippen molar-refractivity contribution in [3.8, 4) is 0 Å². The highest BCUT2D eigenvalue weighted by Gasteiger charge is 2.30. The van der Waals surface area contributed by atoms with Crippen molar-refractivity contribution in [1.29, 1.82) is 0 Å². The van der Waals surface area contributed by atoms with Crippen LogP contribution in [0.3, 0.4) is 0 Å². The summed E-state index contributed by atoms with van der Waals surface area (Å²) in [6, 6.07) is 0. The second-order valence-corrected chi connectivity index (χ2v) is 3.37. The van der Waals surface area contributed by atoms with Gasteiger partial charge in [0.1, 0.15) is 0 Å². The number of esters is 1. The van der Waals surface area contributed by atoms with Crippen molar-refractivity contribution < 1.29 is 9.53 Å². The number of rotatable bonds is 4. The van der Waals surface area contributed by atoms with Crippen LogP contribution >= 0.6 is 0 Å². The molecule has 2 heteroatoms. The lowest BCUT2D eigenvalue weighted by molar-refractivity contribution is -0.151. The van der Waals surface area contributed by atoms with Crippen LogP contribution in [-0.4, -0.2) is 12.6 Å². The third-order valence-electron chi connectivity index (χ3n) is 1.96. The Morgan fingerprint density at radius 1 is 1.54 bits per heavy atom. The topological polar surface area (TPSA) is 26.3 Å². The number of allylic oxidation sites excluding steroid dienone is 2. The lowest BCUT2D eigenvalue weighted by Gasteiger charge is -2.22. The van der Waals surface area contributed by atoms with Crippen molar-refractivity contribution in [1.82, 2.24) is 0 Å². The van der Waals surface area contributed by atoms with E-state index < -0.39 is 5.41 Å². The average Bonchev–Trinajstić information content (AvgIpc) is 2.05. The first-order valence-corrected chi connectivity index (χ1v) is 4.46. The maximum atomic E-state index is 11.5. The Labute approximate surface area is 80.3 Å². The minimum absolute atomic E-state index is 0.224. The van der Waals surface area contributed by atoms with Gasteiger partial charge in [-0.15, -0.1) is 0 Å². The van der Waals surface area contributed by atoms with Gasteiger partial charge in [0, 0.05) is 0 Å². The number of carbonyl (C=O) groups is 1. The molecule has 0 bridgehead atoms. The molecule has 0 aliphatic carbocycles. The molecule has 0 aromatic heterocycles. The summed E-state index contributed by atoms with van der Waals surface area (Å²) in [5.74, 6) is -0.224. The molecule has 0 spiro atoms. The standard InChI is InChI=1S/C11H18O2/c1-6-8-9(3)11(4,5)10(12)13-7-2/h6,8H,3,7H2,1-2,4-5H3. The van der Waals surface area contributed by atoms with Crippen molar-refractivity contribution in [2.24, 2.45) is 5.41 Å². The zero-order valence-corrected chi connectivity index (χ0v) is 8.89. The predicted octanol–water partition coefficient (Wildman–Crippen LogP) is 2.71. The van der Waals surface area contributed by atoms with Crippen molar-refractivity contribution in [3.05, 3.63) is 24.3 Å². The lowest BCUT2D eigenvalue weighted by atomic mass is 9.85. The number of carbonyl (C=O) groups excluding carboxylic acids is 1. The van der Waals surface area contributed by atoms with Crippen LogP contribution in [0.2, 0.25) is 0 Å². The molecule has 0 aromatic rings. The zero-order chi connectivity index (χ0) is 10.5. The largest absolute Gasteiger partial charge is 0.465 e. The van der Waals surface area contributed by atoms with Crippen molar-refractivity contribution in [2.75, 3.05) is 6.61 Å². The molecule has 0 heterocycles. The minimum atomic E-state index is -0.622. The summed E-state index contributed by atoms with van der Waals surface area (Å²) in [7, 11) is 0. The van der Waals surface area contributed by atoms with E-state index in [2.05, 4.69) is 6.58 Å². The van der Waals surface area contributed by atoms with E-state index in [-0.39, 0.29) is 5.97 Å². The van der Waals surface area contributed by atoms with E-state index in [0.717, 1.165) is 5.57 Å². The second kappa shape index (κ2) is 4.85. The fourth-order valence-corrected chi connectivity index (χ4v) is 0.852. The Balaban J connectivity index is 4.54. The Kier molecular flexibility index (Phi) is 4.46. The van der Waals surface area contributed by atoms with Crippen LogP contribution in [0.5, 0.6) is 0 Å². The lowest BCUT2D eigenvalue weighted by Crippen LogP contribution is -2.27. The Morgan fingerprint density at radius 2 is 2.08 bits per heavy atom. The highest BCUT2D eigenvalue weighted by molar-refractivity contribution is 5.80. The molecule has 0 radical (unpaired) electrons. The molecule has 0 rings (SSSR count). The van der Waals surface area contributed by atoms with E-state index in [0.29, 0.717) is 6.61 Å². The summed E-state index contributed by atoms with van der Waals surface area (Å²) in [5.41, 5.74) is 0.149. The number of hydrogen-bond acceptors (Lipinski definition) is 2. The molecule has 0 aliphatic heterocycles. The van der Waals surface area contributed by atoms with Crippen LogP contribution in [-0.2, 0) is 9.53 Å². The quantitative estimate of drug-likeness (QED) is 0.493. The summed E-state index contributed by atoms with van der Waals surface area (Å²) in [5, 5.41) is 0. The molecule has 74 valence electrons. The molecule has 0 N–H and O–H groups in total. The third kappa shape index (κ3) is 3.05. The molecular formula is C11H18O2. The predicted molar refractivity (Wildman–Crippen MR) is 54.4 cm³/mol. The molecule has 0 amide bonds. The average molecular weight is 182 g/mol. The fraction of sp³-hybridized carbons (Fsp3) is 0.545. The van der Waals surface area contributed by atoms with Crippen LogP contribution in [0.1, 0.15) is 27.7 Å². The Morgan fingerprint density at radius 3 is 2.46 bits per heavy atom. The summed E-state index contributed by atoms with van der Waals surface area (Å²) >= 11 is 0. The molecule has 0 aliphatic rings. The molecule has 0 atom stereocenters.